The number of aromatic nitrogens is 2. The molecule has 0 amide bonds. The van der Waals surface area contributed by atoms with Gasteiger partial charge in [0, 0.05) is 5.92 Å². The predicted octanol–water partition coefficient (Wildman–Crippen LogP) is 0.130. The lowest BCUT2D eigenvalue weighted by atomic mass is 10.1. The third-order valence-corrected chi connectivity index (χ3v) is 1.40. The Morgan fingerprint density at radius 1 is 1.75 bits per heavy atom. The lowest BCUT2D eigenvalue weighted by molar-refractivity contribution is -0.808. The zero-order valence-corrected chi connectivity index (χ0v) is 6.64. The van der Waals surface area contributed by atoms with Gasteiger partial charge in [0.05, 0.1) is 5.16 Å². The van der Waals surface area contributed by atoms with E-state index in [1.54, 1.807) is 13.8 Å². The number of hydrogen-bond donors (Lipinski definition) is 1. The Morgan fingerprint density at radius 3 is 2.67 bits per heavy atom. The fourth-order valence-corrected chi connectivity index (χ4v) is 0.888. The van der Waals surface area contributed by atoms with Gasteiger partial charge in [-0.25, -0.2) is 4.79 Å². The average molecular weight is 172 g/mol. The summed E-state index contributed by atoms with van der Waals surface area (Å²) < 4.78 is 4.15. The van der Waals surface area contributed by atoms with Crippen LogP contribution >= 0.6 is 0 Å². The van der Waals surface area contributed by atoms with Gasteiger partial charge in [-0.15, -0.1) is 0 Å². The van der Waals surface area contributed by atoms with Crippen LogP contribution in [0.4, 0.5) is 0 Å². The van der Waals surface area contributed by atoms with Gasteiger partial charge in [-0.05, 0) is 4.90 Å². The van der Waals surface area contributed by atoms with E-state index in [9.17, 15) is 10.0 Å². The zero-order chi connectivity index (χ0) is 9.30. The van der Waals surface area contributed by atoms with Crippen molar-refractivity contribution in [2.45, 2.75) is 19.8 Å². The van der Waals surface area contributed by atoms with Crippen LogP contribution in [0.1, 0.15) is 35.9 Å². The molecule has 1 rings (SSSR count). The van der Waals surface area contributed by atoms with Crippen LogP contribution < -0.4 is 4.90 Å². The lowest BCUT2D eigenvalue weighted by Gasteiger charge is -1.97. The van der Waals surface area contributed by atoms with Crippen LogP contribution in [-0.4, -0.2) is 16.2 Å². The highest BCUT2D eigenvalue weighted by Gasteiger charge is 2.27. The third-order valence-electron chi connectivity index (χ3n) is 1.40. The van der Waals surface area contributed by atoms with Crippen LogP contribution in [0.3, 0.4) is 0 Å². The number of carboxylic acid groups (broad SMARTS) is 1. The van der Waals surface area contributed by atoms with E-state index < -0.39 is 5.97 Å². The van der Waals surface area contributed by atoms with Crippen molar-refractivity contribution in [2.75, 3.05) is 0 Å². The molecule has 0 saturated carbocycles. The van der Waals surface area contributed by atoms with E-state index in [0.717, 1.165) is 0 Å². The molecule has 66 valence electrons. The van der Waals surface area contributed by atoms with E-state index in [0.29, 0.717) is 0 Å². The van der Waals surface area contributed by atoms with E-state index in [1.807, 2.05) is 0 Å². The summed E-state index contributed by atoms with van der Waals surface area (Å²) in [6, 6.07) is 0. The minimum absolute atomic E-state index is 0.0440. The molecule has 1 heterocycles. The fraction of sp³-hybridized carbons (Fsp3) is 0.500. The molecule has 0 aliphatic rings. The van der Waals surface area contributed by atoms with Gasteiger partial charge in [0.25, 0.3) is 0 Å². The number of nitrogens with zero attached hydrogens (tertiary/aromatic N) is 2. The van der Waals surface area contributed by atoms with Crippen molar-refractivity contribution >= 4 is 5.97 Å². The van der Waals surface area contributed by atoms with Crippen molar-refractivity contribution in [3.63, 3.8) is 0 Å². The molecule has 0 fully saturated rings. The van der Waals surface area contributed by atoms with Crippen LogP contribution in [-0.2, 0) is 0 Å². The van der Waals surface area contributed by atoms with Crippen molar-refractivity contribution in [3.05, 3.63) is 16.6 Å². The second-order valence-corrected chi connectivity index (χ2v) is 2.62. The van der Waals surface area contributed by atoms with Crippen LogP contribution in [0, 0.1) is 5.21 Å². The minimum Gasteiger partial charge on any atom is -0.475 e. The Kier molecular flexibility index (Phi) is 1.99. The summed E-state index contributed by atoms with van der Waals surface area (Å²) in [5.41, 5.74) is -0.275. The molecule has 6 nitrogen and oxygen atoms in total. The van der Waals surface area contributed by atoms with Crippen molar-refractivity contribution in [1.29, 1.82) is 0 Å². The summed E-state index contributed by atoms with van der Waals surface area (Å²) in [4.78, 5) is 10.6. The van der Waals surface area contributed by atoms with Gasteiger partial charge in [-0.3, -0.25) is 4.63 Å². The average Bonchev–Trinajstić information content (AvgIpc) is 2.30. The maximum absolute atomic E-state index is 10.8. The molecule has 0 atom stereocenters. The van der Waals surface area contributed by atoms with Gasteiger partial charge < -0.3 is 10.3 Å². The monoisotopic (exact) mass is 172 g/mol. The first-order valence-electron chi connectivity index (χ1n) is 3.37. The van der Waals surface area contributed by atoms with Crippen molar-refractivity contribution in [1.82, 2.24) is 5.16 Å². The number of aromatic carboxylic acids is 1. The van der Waals surface area contributed by atoms with Crippen molar-refractivity contribution in [3.8, 4) is 0 Å². The molecule has 0 radical (unpaired) electrons. The molecule has 1 aromatic heterocycles. The molecule has 0 saturated heterocycles. The smallest absolute Gasteiger partial charge is 0.387 e. The summed E-state index contributed by atoms with van der Waals surface area (Å²) in [6.45, 7) is 3.38. The van der Waals surface area contributed by atoms with Gasteiger partial charge in [0.2, 0.25) is 5.69 Å². The number of carbonyl (C=O) groups is 1. The van der Waals surface area contributed by atoms with E-state index in [-0.39, 0.29) is 22.2 Å². The SMILES string of the molecule is CC(C)c1c(C(=O)O)no[n+]1[O-]. The van der Waals surface area contributed by atoms with Crippen molar-refractivity contribution < 1.29 is 19.4 Å². The standard InChI is InChI=1S/C6H8N2O4/c1-3(2)5-4(6(9)10)7-12-8(5)11/h3H,1-2H3,(H,9,10). The van der Waals surface area contributed by atoms with E-state index in [2.05, 4.69) is 9.79 Å². The molecule has 1 aromatic rings. The largest absolute Gasteiger partial charge is 0.475 e. The lowest BCUT2D eigenvalue weighted by Crippen LogP contribution is -2.29. The van der Waals surface area contributed by atoms with Gasteiger partial charge >= 0.3 is 11.7 Å². The Bertz CT molecular complexity index is 304. The first-order chi connectivity index (χ1) is 5.54. The molecule has 6 heteroatoms. The van der Waals surface area contributed by atoms with Gasteiger partial charge in [-0.2, -0.15) is 0 Å². The van der Waals surface area contributed by atoms with E-state index >= 15 is 0 Å². The molecule has 0 unspecified atom stereocenters. The fourth-order valence-electron chi connectivity index (χ4n) is 0.888. The van der Waals surface area contributed by atoms with Gasteiger partial charge in [-0.1, -0.05) is 13.8 Å². The van der Waals surface area contributed by atoms with Crippen LogP contribution in [0.5, 0.6) is 0 Å². The first-order valence-corrected chi connectivity index (χ1v) is 3.37. The highest BCUT2D eigenvalue weighted by atomic mass is 16.8. The second kappa shape index (κ2) is 2.80. The summed E-state index contributed by atoms with van der Waals surface area (Å²) >= 11 is 0. The van der Waals surface area contributed by atoms with Crippen LogP contribution in [0.15, 0.2) is 4.63 Å². The molecule has 1 N–H and O–H groups in total. The Balaban J connectivity index is 3.21. The highest BCUT2D eigenvalue weighted by molar-refractivity contribution is 5.86. The molecular weight excluding hydrogens is 164 g/mol. The molecule has 0 aromatic carbocycles. The number of rotatable bonds is 2. The van der Waals surface area contributed by atoms with Crippen molar-refractivity contribution in [2.24, 2.45) is 0 Å². The minimum atomic E-state index is -1.25. The molecule has 0 spiro atoms. The highest BCUT2D eigenvalue weighted by Crippen LogP contribution is 2.12. The molecular formula is C6H8N2O4. The van der Waals surface area contributed by atoms with E-state index in [1.165, 1.54) is 0 Å². The predicted molar refractivity (Wildman–Crippen MR) is 36.5 cm³/mol. The zero-order valence-electron chi connectivity index (χ0n) is 6.64. The summed E-state index contributed by atoms with van der Waals surface area (Å²) in [5, 5.41) is 22.5. The molecule has 12 heavy (non-hydrogen) atoms. The Hall–Kier alpha value is -1.59. The first kappa shape index (κ1) is 8.51. The summed E-state index contributed by atoms with van der Waals surface area (Å²) in [7, 11) is 0. The summed E-state index contributed by atoms with van der Waals surface area (Å²) in [6.07, 6.45) is 0. The number of carboxylic acids is 1. The normalized spacial score (nSPS) is 10.6. The number of hydrogen-bond acceptors (Lipinski definition) is 4. The quantitative estimate of drug-likeness (QED) is 0.640. The maximum Gasteiger partial charge on any atom is 0.387 e. The Morgan fingerprint density at radius 2 is 2.33 bits per heavy atom. The second-order valence-electron chi connectivity index (χ2n) is 2.62. The van der Waals surface area contributed by atoms with E-state index in [4.69, 9.17) is 5.11 Å². The van der Waals surface area contributed by atoms with Crippen LogP contribution in [0.25, 0.3) is 0 Å². The van der Waals surface area contributed by atoms with Gasteiger partial charge in [0.15, 0.2) is 0 Å². The maximum atomic E-state index is 10.8. The van der Waals surface area contributed by atoms with Gasteiger partial charge in [0.1, 0.15) is 0 Å². The van der Waals surface area contributed by atoms with Crippen LogP contribution in [0.2, 0.25) is 0 Å². The Labute approximate surface area is 67.9 Å². The summed E-state index contributed by atoms with van der Waals surface area (Å²) in [5.74, 6) is -1.48. The molecule has 0 aliphatic heterocycles. The molecule has 0 bridgehead atoms. The topological polar surface area (TPSA) is 90.3 Å². The third kappa shape index (κ3) is 1.23. The molecule has 0 aliphatic carbocycles.